The number of allylic oxidation sites excluding steroid dienone is 12. The van der Waals surface area contributed by atoms with Crippen LogP contribution in [0.25, 0.3) is 22.3 Å². The fraction of sp³-hybridized carbons (Fsp3) is 0.349. The highest BCUT2D eigenvalue weighted by Gasteiger charge is 2.46. The SMILES string of the molecule is CC/C=C\C/C=C\C/C=C\C/C=C\C/C=C\C/C=C\CCC(=O)OC[C@H]1O[C@@H](Oc2c(-c3ccc(O)c(O)c3)oc3ccccc3c2=O)[C@H](O)[C@@H](O)[C@@H]1O. The number of aliphatic hydroxyl groups excluding tert-OH is 3. The summed E-state index contributed by atoms with van der Waals surface area (Å²) in [6.45, 7) is 1.67. The van der Waals surface area contributed by atoms with E-state index in [1.807, 2.05) is 18.2 Å². The van der Waals surface area contributed by atoms with Crippen LogP contribution in [0.2, 0.25) is 0 Å². The molecule has 0 radical (unpaired) electrons. The van der Waals surface area contributed by atoms with Gasteiger partial charge in [-0.2, -0.15) is 0 Å². The minimum absolute atomic E-state index is 0.0665. The summed E-state index contributed by atoms with van der Waals surface area (Å²) in [4.78, 5) is 26.0. The van der Waals surface area contributed by atoms with Crippen molar-refractivity contribution >= 4 is 16.9 Å². The van der Waals surface area contributed by atoms with E-state index in [1.165, 1.54) is 18.2 Å². The molecule has 0 bridgehead atoms. The van der Waals surface area contributed by atoms with Gasteiger partial charge in [-0.05, 0) is 75.3 Å². The number of hydrogen-bond acceptors (Lipinski definition) is 11. The number of aromatic hydroxyl groups is 2. The molecule has 4 rings (SSSR count). The molecule has 1 fully saturated rings. The number of para-hydroxylation sites is 1. The molecule has 54 heavy (non-hydrogen) atoms. The Kier molecular flexibility index (Phi) is 17.0. The number of benzene rings is 2. The molecule has 0 saturated carbocycles. The van der Waals surface area contributed by atoms with E-state index in [9.17, 15) is 35.1 Å². The summed E-state index contributed by atoms with van der Waals surface area (Å²) in [5, 5.41) is 52.0. The van der Waals surface area contributed by atoms with Crippen LogP contribution in [0.15, 0.2) is 125 Å². The van der Waals surface area contributed by atoms with Gasteiger partial charge in [-0.1, -0.05) is 92.0 Å². The van der Waals surface area contributed by atoms with Crippen LogP contribution in [0.5, 0.6) is 17.2 Å². The average Bonchev–Trinajstić information content (AvgIpc) is 3.17. The first kappa shape index (κ1) is 41.6. The molecule has 5 N–H and O–H groups in total. The van der Waals surface area contributed by atoms with Crippen molar-refractivity contribution in [3.8, 4) is 28.6 Å². The minimum Gasteiger partial charge on any atom is -0.504 e. The number of carbonyl (C=O) groups is 1. The summed E-state index contributed by atoms with van der Waals surface area (Å²) in [5.74, 6) is -2.01. The van der Waals surface area contributed by atoms with Gasteiger partial charge in [0.1, 0.15) is 36.6 Å². The van der Waals surface area contributed by atoms with Gasteiger partial charge >= 0.3 is 5.97 Å². The molecule has 1 saturated heterocycles. The third-order valence-electron chi connectivity index (χ3n) is 8.42. The van der Waals surface area contributed by atoms with E-state index in [2.05, 4.69) is 61.6 Å². The lowest BCUT2D eigenvalue weighted by Gasteiger charge is -2.39. The van der Waals surface area contributed by atoms with Crippen molar-refractivity contribution in [3.05, 3.63) is 126 Å². The highest BCUT2D eigenvalue weighted by Crippen LogP contribution is 2.37. The van der Waals surface area contributed by atoms with Crippen molar-refractivity contribution in [2.45, 2.75) is 89.0 Å². The van der Waals surface area contributed by atoms with E-state index in [0.717, 1.165) is 44.6 Å². The van der Waals surface area contributed by atoms with Crippen LogP contribution in [0.1, 0.15) is 58.3 Å². The Morgan fingerprint density at radius 2 is 1.33 bits per heavy atom. The number of fused-ring (bicyclic) bond motifs is 1. The second-order valence-electron chi connectivity index (χ2n) is 12.6. The first-order valence-electron chi connectivity index (χ1n) is 18.2. The second-order valence-corrected chi connectivity index (χ2v) is 12.6. The maximum absolute atomic E-state index is 13.6. The van der Waals surface area contributed by atoms with Crippen LogP contribution < -0.4 is 10.2 Å². The van der Waals surface area contributed by atoms with Crippen LogP contribution in [0.3, 0.4) is 0 Å². The Morgan fingerprint density at radius 1 is 0.741 bits per heavy atom. The number of rotatable bonds is 19. The molecule has 11 heteroatoms. The van der Waals surface area contributed by atoms with E-state index < -0.39 is 66.0 Å². The van der Waals surface area contributed by atoms with E-state index in [1.54, 1.807) is 18.2 Å². The van der Waals surface area contributed by atoms with Gasteiger partial charge in [0.2, 0.25) is 17.5 Å². The van der Waals surface area contributed by atoms with Gasteiger partial charge in [0.25, 0.3) is 0 Å². The predicted molar refractivity (Wildman–Crippen MR) is 207 cm³/mol. The van der Waals surface area contributed by atoms with Gasteiger partial charge in [-0.15, -0.1) is 0 Å². The maximum atomic E-state index is 13.6. The molecule has 5 atom stereocenters. The quantitative estimate of drug-likeness (QED) is 0.0482. The first-order chi connectivity index (χ1) is 26.2. The zero-order chi connectivity index (χ0) is 38.7. The lowest BCUT2D eigenvalue weighted by molar-refractivity contribution is -0.278. The number of phenolic OH excluding ortho intramolecular Hbond substituents is 2. The minimum atomic E-state index is -1.81. The molecule has 0 aliphatic carbocycles. The Hall–Kier alpha value is -5.20. The van der Waals surface area contributed by atoms with Crippen molar-refractivity contribution in [1.29, 1.82) is 0 Å². The predicted octanol–water partition coefficient (Wildman–Crippen LogP) is 7.08. The third kappa shape index (κ3) is 12.4. The molecule has 2 heterocycles. The Labute approximate surface area is 315 Å². The normalized spacial score (nSPS) is 20.9. The molecule has 2 aromatic carbocycles. The number of esters is 1. The molecule has 1 aromatic heterocycles. The Bertz CT molecular complexity index is 1880. The molecule has 3 aromatic rings. The number of carbonyl (C=O) groups excluding carboxylic acids is 1. The summed E-state index contributed by atoms with van der Waals surface area (Å²) < 4.78 is 22.8. The van der Waals surface area contributed by atoms with Gasteiger partial charge in [-0.25, -0.2) is 0 Å². The average molecular weight is 743 g/mol. The smallest absolute Gasteiger partial charge is 0.306 e. The van der Waals surface area contributed by atoms with Gasteiger partial charge in [0.05, 0.1) is 5.39 Å². The maximum Gasteiger partial charge on any atom is 0.306 e. The molecule has 0 spiro atoms. The van der Waals surface area contributed by atoms with Gasteiger partial charge < -0.3 is 44.2 Å². The van der Waals surface area contributed by atoms with Crippen LogP contribution in [-0.4, -0.2) is 68.8 Å². The summed E-state index contributed by atoms with van der Waals surface area (Å²) in [6, 6.07) is 10.1. The molecule has 1 aliphatic rings. The summed E-state index contributed by atoms with van der Waals surface area (Å²) in [7, 11) is 0. The zero-order valence-corrected chi connectivity index (χ0v) is 30.4. The van der Waals surface area contributed by atoms with Crippen molar-refractivity contribution in [3.63, 3.8) is 0 Å². The number of hydrogen-bond donors (Lipinski definition) is 5. The van der Waals surface area contributed by atoms with Crippen molar-refractivity contribution < 1.29 is 49.0 Å². The summed E-state index contributed by atoms with van der Waals surface area (Å²) in [6.07, 6.45) is 22.9. The zero-order valence-electron chi connectivity index (χ0n) is 30.4. The van der Waals surface area contributed by atoms with Crippen LogP contribution in [0, 0.1) is 0 Å². The van der Waals surface area contributed by atoms with Crippen LogP contribution in [-0.2, 0) is 14.3 Å². The first-order valence-corrected chi connectivity index (χ1v) is 18.2. The largest absolute Gasteiger partial charge is 0.504 e. The van der Waals surface area contributed by atoms with E-state index >= 15 is 0 Å². The van der Waals surface area contributed by atoms with Gasteiger partial charge in [-0.3, -0.25) is 9.59 Å². The van der Waals surface area contributed by atoms with Gasteiger partial charge in [0.15, 0.2) is 17.3 Å². The monoisotopic (exact) mass is 742 g/mol. The lowest BCUT2D eigenvalue weighted by Crippen LogP contribution is -2.60. The molecule has 1 aliphatic heterocycles. The van der Waals surface area contributed by atoms with Crippen LogP contribution >= 0.6 is 0 Å². The molecular formula is C43H50O11. The second kappa shape index (κ2) is 22.1. The Balaban J connectivity index is 1.23. The van der Waals surface area contributed by atoms with Crippen molar-refractivity contribution in [1.82, 2.24) is 0 Å². The van der Waals surface area contributed by atoms with Crippen molar-refractivity contribution in [2.24, 2.45) is 0 Å². The summed E-state index contributed by atoms with van der Waals surface area (Å²) in [5.41, 5.74) is -0.286. The van der Waals surface area contributed by atoms with E-state index in [-0.39, 0.29) is 28.7 Å². The van der Waals surface area contributed by atoms with E-state index in [4.69, 9.17) is 18.6 Å². The number of ether oxygens (including phenoxy) is 3. The topological polar surface area (TPSA) is 176 Å². The van der Waals surface area contributed by atoms with Gasteiger partial charge in [0, 0.05) is 12.0 Å². The van der Waals surface area contributed by atoms with Crippen LogP contribution in [0.4, 0.5) is 0 Å². The standard InChI is InChI=1S/C43H50O11/c1-2-3-4-5-6-7-8-9-10-11-12-13-14-15-16-17-18-19-20-25-36(46)51-29-35-38(48)39(49)40(50)43(53-35)54-42-37(47)31-23-21-22-24-34(31)52-41(42)30-26-27-32(44)33(45)28-30/h3-4,6-7,9-10,12-13,15-16,18-19,21-24,26-28,35,38-40,43-45,48-50H,2,5,8,11,14,17,20,25,29H2,1H3/b4-3-,7-6-,10-9-,13-12-,16-15-,19-18-/t35-,38-,39+,40-,43+/m1/s1. The van der Waals surface area contributed by atoms with E-state index in [0.29, 0.717) is 6.42 Å². The third-order valence-corrected chi connectivity index (χ3v) is 8.42. The number of aliphatic hydroxyl groups is 3. The fourth-order valence-corrected chi connectivity index (χ4v) is 5.44. The molecular weight excluding hydrogens is 692 g/mol. The molecule has 11 nitrogen and oxygen atoms in total. The molecule has 0 amide bonds. The highest BCUT2D eigenvalue weighted by molar-refractivity contribution is 5.82. The highest BCUT2D eigenvalue weighted by atomic mass is 16.7. The molecule has 288 valence electrons. The number of phenols is 2. The lowest BCUT2D eigenvalue weighted by atomic mass is 9.99. The summed E-state index contributed by atoms with van der Waals surface area (Å²) >= 11 is 0. The molecule has 0 unspecified atom stereocenters. The Morgan fingerprint density at radius 3 is 1.94 bits per heavy atom. The fourth-order valence-electron chi connectivity index (χ4n) is 5.44. The van der Waals surface area contributed by atoms with Crippen molar-refractivity contribution in [2.75, 3.05) is 6.61 Å².